The lowest BCUT2D eigenvalue weighted by molar-refractivity contribution is -0.135. The van der Waals surface area contributed by atoms with Crippen LogP contribution in [0.15, 0.2) is 54.7 Å². The van der Waals surface area contributed by atoms with Crippen LogP contribution in [-0.2, 0) is 4.79 Å². The highest BCUT2D eigenvalue weighted by atomic mass is 35.5. The number of hydrogen-bond acceptors (Lipinski definition) is 7. The topological polar surface area (TPSA) is 80.7 Å². The molecule has 1 aromatic carbocycles. The maximum absolute atomic E-state index is 13.7. The molecule has 0 spiro atoms. The van der Waals surface area contributed by atoms with Crippen LogP contribution in [0.3, 0.4) is 0 Å². The van der Waals surface area contributed by atoms with Gasteiger partial charge in [-0.05, 0) is 49.6 Å². The van der Waals surface area contributed by atoms with Gasteiger partial charge in [0.25, 0.3) is 0 Å². The Bertz CT molecular complexity index is 1220. The molecule has 0 N–H and O–H groups in total. The fraction of sp³-hybridized carbons (Fsp3) is 0.429. The van der Waals surface area contributed by atoms with Gasteiger partial charge in [-0.3, -0.25) is 4.79 Å². The number of ether oxygens (including phenoxy) is 2. The molecule has 2 aliphatic heterocycles. The second-order valence-corrected chi connectivity index (χ2v) is 10.8. The zero-order valence-corrected chi connectivity index (χ0v) is 23.0. The first-order valence-electron chi connectivity index (χ1n) is 12.9. The number of nitrogens with zero attached hydrogens (tertiary/aromatic N) is 5. The molecule has 0 radical (unpaired) electrons. The monoisotopic (exact) mass is 555 g/mol. The number of halogens is 2. The first kappa shape index (κ1) is 26.5. The van der Waals surface area contributed by atoms with E-state index in [1.807, 2.05) is 36.1 Å². The van der Waals surface area contributed by atoms with Gasteiger partial charge in [0.15, 0.2) is 5.82 Å². The lowest BCUT2D eigenvalue weighted by Crippen LogP contribution is -2.42. The lowest BCUT2D eigenvalue weighted by Gasteiger charge is -2.33. The van der Waals surface area contributed by atoms with Crippen LogP contribution < -0.4 is 14.4 Å². The average molecular weight is 556 g/mol. The molecule has 38 heavy (non-hydrogen) atoms. The summed E-state index contributed by atoms with van der Waals surface area (Å²) in [6, 6.07) is 15.2. The van der Waals surface area contributed by atoms with Gasteiger partial charge in [-0.2, -0.15) is 0 Å². The molecule has 2 saturated heterocycles. The Labute approximate surface area is 232 Å². The van der Waals surface area contributed by atoms with Crippen LogP contribution in [-0.4, -0.2) is 65.4 Å². The Hall–Kier alpha value is -3.10. The Balaban J connectivity index is 1.26. The predicted molar refractivity (Wildman–Crippen MR) is 147 cm³/mol. The largest absolute Gasteiger partial charge is 0.480 e. The van der Waals surface area contributed by atoms with Gasteiger partial charge in [0.2, 0.25) is 17.7 Å². The summed E-state index contributed by atoms with van der Waals surface area (Å²) < 4.78 is 11.3. The summed E-state index contributed by atoms with van der Waals surface area (Å²) in [5, 5.41) is 9.58. The van der Waals surface area contributed by atoms with E-state index in [9.17, 15) is 4.79 Å². The number of pyridine rings is 1. The van der Waals surface area contributed by atoms with E-state index in [2.05, 4.69) is 32.2 Å². The minimum absolute atomic E-state index is 0.0174. The Morgan fingerprint density at radius 2 is 1.66 bits per heavy atom. The van der Waals surface area contributed by atoms with Crippen LogP contribution in [0.2, 0.25) is 10.0 Å². The molecule has 0 aliphatic carbocycles. The summed E-state index contributed by atoms with van der Waals surface area (Å²) in [5.41, 5.74) is 1.15. The summed E-state index contributed by atoms with van der Waals surface area (Å²) in [6.45, 7) is 4.85. The number of aromatic nitrogens is 3. The zero-order valence-electron chi connectivity index (χ0n) is 21.5. The quantitative estimate of drug-likeness (QED) is 0.400. The van der Waals surface area contributed by atoms with Gasteiger partial charge in [0.1, 0.15) is 6.10 Å². The first-order valence-corrected chi connectivity index (χ1v) is 13.6. The molecule has 1 amide bonds. The Morgan fingerprint density at radius 3 is 2.29 bits per heavy atom. The van der Waals surface area contributed by atoms with Gasteiger partial charge < -0.3 is 19.3 Å². The molecule has 200 valence electrons. The molecule has 10 heteroatoms. The molecule has 0 bridgehead atoms. The summed E-state index contributed by atoms with van der Waals surface area (Å²) >= 11 is 12.1. The van der Waals surface area contributed by atoms with E-state index in [4.69, 9.17) is 32.7 Å². The van der Waals surface area contributed by atoms with Gasteiger partial charge in [-0.1, -0.05) is 35.3 Å². The zero-order chi connectivity index (χ0) is 26.6. The molecule has 8 nitrogen and oxygen atoms in total. The molecular weight excluding hydrogens is 525 g/mol. The van der Waals surface area contributed by atoms with Crippen molar-refractivity contribution in [2.75, 3.05) is 38.2 Å². The first-order chi connectivity index (χ1) is 18.4. The SMILES string of the molecule is COc1ccc(N2CCC(C(=O)N3C[C@H]([C@H](C)Oc4ccc(Cl)cn4)[C@@H](c4ccc(Cl)cc4)C3)CC2)nn1. The number of hydrogen-bond donors (Lipinski definition) is 0. The van der Waals surface area contributed by atoms with E-state index in [1.165, 1.54) is 0 Å². The summed E-state index contributed by atoms with van der Waals surface area (Å²) in [5.74, 6) is 2.25. The molecule has 3 aromatic rings. The molecule has 5 rings (SSSR count). The number of rotatable bonds is 7. The van der Waals surface area contributed by atoms with Crippen molar-refractivity contribution in [3.05, 3.63) is 70.3 Å². The minimum atomic E-state index is -0.155. The Morgan fingerprint density at radius 1 is 0.947 bits per heavy atom. The predicted octanol–water partition coefficient (Wildman–Crippen LogP) is 5.11. The number of benzene rings is 1. The third kappa shape index (κ3) is 5.97. The molecular formula is C28H31Cl2N5O3. The van der Waals surface area contributed by atoms with E-state index in [-0.39, 0.29) is 29.8 Å². The molecule has 0 unspecified atom stereocenters. The fourth-order valence-electron chi connectivity index (χ4n) is 5.46. The van der Waals surface area contributed by atoms with Crippen molar-refractivity contribution in [3.63, 3.8) is 0 Å². The van der Waals surface area contributed by atoms with Crippen molar-refractivity contribution in [2.24, 2.45) is 11.8 Å². The number of methoxy groups -OCH3 is 1. The third-order valence-corrected chi connectivity index (χ3v) is 8.06. The number of likely N-dealkylation sites (tertiary alicyclic amines) is 1. The van der Waals surface area contributed by atoms with Crippen molar-refractivity contribution in [3.8, 4) is 11.8 Å². The lowest BCUT2D eigenvalue weighted by atomic mass is 9.86. The standard InChI is InChI=1S/C28H31Cl2N5O3/c1-18(38-26-9-7-22(30)15-31-26)23-16-35(17-24(23)19-3-5-21(29)6-4-19)28(36)20-11-13-34(14-12-20)25-8-10-27(37-2)33-32-25/h3-10,15,18,20,23-24H,11-14,16-17H2,1-2H3/t18-,23+,24+/m0/s1. The van der Waals surface area contributed by atoms with Crippen LogP contribution in [0.5, 0.6) is 11.8 Å². The van der Waals surface area contributed by atoms with Crippen molar-refractivity contribution in [1.29, 1.82) is 0 Å². The molecule has 4 heterocycles. The van der Waals surface area contributed by atoms with Gasteiger partial charge >= 0.3 is 0 Å². The molecule has 2 aromatic heterocycles. The van der Waals surface area contributed by atoms with Crippen molar-refractivity contribution in [1.82, 2.24) is 20.1 Å². The summed E-state index contributed by atoms with van der Waals surface area (Å²) in [6.07, 6.45) is 2.98. The number of anilines is 1. The van der Waals surface area contributed by atoms with Crippen molar-refractivity contribution < 1.29 is 14.3 Å². The van der Waals surface area contributed by atoms with Crippen molar-refractivity contribution >= 4 is 34.9 Å². The van der Waals surface area contributed by atoms with Crippen LogP contribution in [0.4, 0.5) is 5.82 Å². The Kier molecular flexibility index (Phi) is 8.19. The smallest absolute Gasteiger partial charge is 0.233 e. The van der Waals surface area contributed by atoms with Crippen LogP contribution in [0.1, 0.15) is 31.2 Å². The van der Waals surface area contributed by atoms with E-state index < -0.39 is 0 Å². The fourth-order valence-corrected chi connectivity index (χ4v) is 5.70. The molecule has 2 fully saturated rings. The highest BCUT2D eigenvalue weighted by Gasteiger charge is 2.42. The van der Waals surface area contributed by atoms with Crippen molar-refractivity contribution in [2.45, 2.75) is 31.8 Å². The molecule has 2 aliphatic rings. The highest BCUT2D eigenvalue weighted by molar-refractivity contribution is 6.30. The maximum atomic E-state index is 13.7. The molecule has 3 atom stereocenters. The van der Waals surface area contributed by atoms with E-state index >= 15 is 0 Å². The van der Waals surface area contributed by atoms with Crippen LogP contribution in [0, 0.1) is 11.8 Å². The van der Waals surface area contributed by atoms with Crippen LogP contribution in [0.25, 0.3) is 0 Å². The number of piperidine rings is 1. The van der Waals surface area contributed by atoms with Gasteiger partial charge in [-0.15, -0.1) is 10.2 Å². The number of carbonyl (C=O) groups excluding carboxylic acids is 1. The molecule has 0 saturated carbocycles. The average Bonchev–Trinajstić information content (AvgIpc) is 3.40. The highest BCUT2D eigenvalue weighted by Crippen LogP contribution is 2.38. The van der Waals surface area contributed by atoms with Gasteiger partial charge in [0.05, 0.1) is 12.1 Å². The summed E-state index contributed by atoms with van der Waals surface area (Å²) in [7, 11) is 1.57. The van der Waals surface area contributed by atoms with Gasteiger partial charge in [0, 0.05) is 67.3 Å². The number of carbonyl (C=O) groups is 1. The van der Waals surface area contributed by atoms with E-state index in [1.54, 1.807) is 25.4 Å². The summed E-state index contributed by atoms with van der Waals surface area (Å²) in [4.78, 5) is 22.2. The minimum Gasteiger partial charge on any atom is -0.480 e. The van der Waals surface area contributed by atoms with Gasteiger partial charge in [-0.25, -0.2) is 4.98 Å². The van der Waals surface area contributed by atoms with Crippen LogP contribution >= 0.6 is 23.2 Å². The van der Waals surface area contributed by atoms with E-state index in [0.717, 1.165) is 37.3 Å². The number of amides is 1. The maximum Gasteiger partial charge on any atom is 0.233 e. The second kappa shape index (κ2) is 11.7. The normalized spacial score (nSPS) is 20.8. The third-order valence-electron chi connectivity index (χ3n) is 7.59. The van der Waals surface area contributed by atoms with E-state index in [0.29, 0.717) is 34.9 Å². The second-order valence-electron chi connectivity index (χ2n) is 9.90.